The van der Waals surface area contributed by atoms with Crippen molar-refractivity contribution in [2.45, 2.75) is 39.2 Å². The van der Waals surface area contributed by atoms with Crippen molar-refractivity contribution < 1.29 is 24.2 Å². The second-order valence-electron chi connectivity index (χ2n) is 4.40. The zero-order valence-corrected chi connectivity index (χ0v) is 13.7. The average Bonchev–Trinajstić information content (AvgIpc) is 2.69. The van der Waals surface area contributed by atoms with E-state index in [0.29, 0.717) is 0 Å². The summed E-state index contributed by atoms with van der Waals surface area (Å²) >= 11 is 0. The monoisotopic (exact) mass is 518 g/mol. The predicted octanol–water partition coefficient (Wildman–Crippen LogP) is 0.730. The molecule has 7 nitrogen and oxygen atoms in total. The van der Waals surface area contributed by atoms with Crippen LogP contribution < -0.4 is 5.73 Å². The molecule has 19 heavy (non-hydrogen) atoms. The summed E-state index contributed by atoms with van der Waals surface area (Å²) in [5.41, 5.74) is 3.68. The number of rotatable bonds is 0. The summed E-state index contributed by atoms with van der Waals surface area (Å²) in [7, 11) is 0. The maximum atomic E-state index is 11.4. The molecule has 0 unspecified atom stereocenters. The number of hydrogen-bond donors (Lipinski definition) is 2. The molecular formula is C11H21FmN2O5-. The third-order valence-corrected chi connectivity index (χ3v) is 1.76. The third kappa shape index (κ3) is 15.2. The molecule has 1 saturated heterocycles. The Hall–Kier alpha value is -2.79. The minimum absolute atomic E-state index is 0. The van der Waals surface area contributed by atoms with Crippen LogP contribution in [0.1, 0.15) is 33.6 Å². The number of amides is 2. The molecule has 8 heteroatoms. The molecule has 0 aromatic carbocycles. The summed E-state index contributed by atoms with van der Waals surface area (Å²) in [4.78, 5) is 30.0. The zero-order chi connectivity index (χ0) is 14.6. The number of ether oxygens (including phenoxy) is 1. The number of likely N-dealkylation sites (tertiary alicyclic amines) is 1. The van der Waals surface area contributed by atoms with Gasteiger partial charge in [-0.1, -0.05) is 0 Å². The van der Waals surface area contributed by atoms with Crippen LogP contribution in [0.5, 0.6) is 0 Å². The minimum atomic E-state index is -0.361. The van der Waals surface area contributed by atoms with Gasteiger partial charge in [0.2, 0.25) is 0 Å². The maximum Gasteiger partial charge on any atom is 0.410 e. The average molecular weight is 518 g/mol. The van der Waals surface area contributed by atoms with Crippen LogP contribution in [0.15, 0.2) is 0 Å². The first-order valence-electron chi connectivity index (χ1n) is 5.46. The van der Waals surface area contributed by atoms with E-state index in [4.69, 9.17) is 19.4 Å². The van der Waals surface area contributed by atoms with Crippen LogP contribution in [0.3, 0.4) is 0 Å². The molecule has 0 aromatic rings. The number of carbonyl (C=O) groups is 2. The van der Waals surface area contributed by atoms with Crippen LogP contribution in [0, 0.1) is 0 Å². The van der Waals surface area contributed by atoms with Gasteiger partial charge in [0, 0.05) is 13.1 Å². The molecule has 1 rings (SSSR count). The van der Waals surface area contributed by atoms with E-state index in [2.05, 4.69) is 5.73 Å². The van der Waals surface area contributed by atoms with E-state index in [0.717, 1.165) is 32.3 Å². The van der Waals surface area contributed by atoms with Crippen LogP contribution >= 0.6 is 0 Å². The molecule has 118 valence electrons. The van der Waals surface area contributed by atoms with Gasteiger partial charge in [0.05, 0.1) is 0 Å². The number of carbonyl (C=O) groups excluding carboxylic acids is 2. The molecule has 0 aliphatic carbocycles. The van der Waals surface area contributed by atoms with Crippen LogP contribution in [-0.2, 0) is 14.3 Å². The molecule has 1 aliphatic heterocycles. The molecule has 0 radical (unpaired) electrons. The van der Waals surface area contributed by atoms with Crippen LogP contribution in [0.25, 0.3) is 0 Å². The quantitative estimate of drug-likeness (QED) is 0.279. The topological polar surface area (TPSA) is 110 Å². The minimum Gasteiger partial charge on any atom is -0.543 e. The summed E-state index contributed by atoms with van der Waals surface area (Å²) in [5.74, 6) is 0. The summed E-state index contributed by atoms with van der Waals surface area (Å²) in [6.07, 6.45) is 3.05. The number of carboxylic acid groups (broad SMARTS) is 1. The van der Waals surface area contributed by atoms with E-state index in [1.54, 1.807) is 4.90 Å². The van der Waals surface area contributed by atoms with Crippen molar-refractivity contribution in [2.24, 2.45) is 5.73 Å². The van der Waals surface area contributed by atoms with Crippen molar-refractivity contribution in [1.29, 1.82) is 0 Å². The summed E-state index contributed by atoms with van der Waals surface area (Å²) < 4.78 is 5.21. The smallest absolute Gasteiger partial charge is 0.410 e. The van der Waals surface area contributed by atoms with E-state index in [1.807, 2.05) is 20.8 Å². The fourth-order valence-corrected chi connectivity index (χ4v) is 1.23. The van der Waals surface area contributed by atoms with Gasteiger partial charge in [0.1, 0.15) is 5.60 Å². The normalized spacial score (nSPS) is 12.7. The van der Waals surface area contributed by atoms with Gasteiger partial charge in [-0.15, -0.1) is 0 Å². The molecule has 2 amide bonds. The maximum absolute atomic E-state index is 11.4. The number of primary amides is 1. The van der Waals surface area contributed by atoms with E-state index in [1.165, 1.54) is 0 Å². The Morgan fingerprint density at radius 3 is 1.95 bits per heavy atom. The second kappa shape index (κ2) is 11.7. The van der Waals surface area contributed by atoms with Gasteiger partial charge in [-0.2, -0.15) is 6.41 Å². The van der Waals surface area contributed by atoms with E-state index < -0.39 is 0 Å². The fraction of sp³-hybridized carbons (Fsp3) is 0.727. The molecule has 0 saturated carbocycles. The van der Waals surface area contributed by atoms with Gasteiger partial charge >= 0.3 is 6.09 Å². The summed E-state index contributed by atoms with van der Waals surface area (Å²) in [5, 5.41) is 6.89. The van der Waals surface area contributed by atoms with E-state index >= 15 is 0 Å². The standard InChI is InChI=1S/C9H17NO2.CH2NO.CH2O2.Fm/c1-9(2,3)12-8(11)10-6-4-5-7-10;2*2-1-3;/h4-7H2,1-3H3;(H2,2,3);1H,(H,2,3);/q;-1;;. The van der Waals surface area contributed by atoms with Gasteiger partial charge in [-0.3, -0.25) is 4.79 Å². The Morgan fingerprint density at radius 1 is 1.37 bits per heavy atom. The molecule has 0 bridgehead atoms. The van der Waals surface area contributed by atoms with Crippen LogP contribution in [-0.4, -0.2) is 47.7 Å². The Morgan fingerprint density at radius 2 is 1.68 bits per heavy atom. The molecule has 1 aliphatic rings. The first-order chi connectivity index (χ1) is 8.32. The van der Waals surface area contributed by atoms with Gasteiger partial charge < -0.3 is 25.3 Å². The fourth-order valence-electron chi connectivity index (χ4n) is 1.23. The van der Waals surface area contributed by atoms with Crippen molar-refractivity contribution in [3.05, 3.63) is 0 Å². The first kappa shape index (κ1) is 21.5. The Labute approximate surface area is 107 Å². The van der Waals surface area contributed by atoms with Crippen molar-refractivity contribution in [2.75, 3.05) is 13.1 Å². The Bertz CT molecular complexity index is 244. The molecule has 1 heterocycles. The molecule has 0 aromatic heterocycles. The van der Waals surface area contributed by atoms with Crippen LogP contribution in [0.4, 0.5) is 4.79 Å². The molecular weight excluding hydrogens is 497 g/mol. The summed E-state index contributed by atoms with van der Waals surface area (Å²) in [6.45, 7) is 7.13. The first-order valence-corrected chi connectivity index (χ1v) is 5.46. The van der Waals surface area contributed by atoms with E-state index in [9.17, 15) is 4.79 Å². The van der Waals surface area contributed by atoms with Gasteiger partial charge in [0.25, 0.3) is 6.47 Å². The molecule has 3 N–H and O–H groups in total. The molecule has 1 fully saturated rings. The van der Waals surface area contributed by atoms with Crippen molar-refractivity contribution in [3.63, 3.8) is 0 Å². The SMILES string of the molecule is CC(C)(C)OC(=O)N1CCCC1.N[C-]=O.O=CO.[Fm]. The van der Waals surface area contributed by atoms with E-state index in [-0.39, 0.29) is 18.2 Å². The van der Waals surface area contributed by atoms with Crippen LogP contribution in [0.2, 0.25) is 0 Å². The number of nitrogens with two attached hydrogens (primary N) is 1. The molecule has 0 spiro atoms. The third-order valence-electron chi connectivity index (χ3n) is 1.76. The molecule has 0 atom stereocenters. The zero-order valence-electron chi connectivity index (χ0n) is 11.3. The van der Waals surface area contributed by atoms with Crippen molar-refractivity contribution >= 4 is 19.0 Å². The van der Waals surface area contributed by atoms with Crippen molar-refractivity contribution in [1.82, 2.24) is 4.90 Å². The van der Waals surface area contributed by atoms with Gasteiger partial charge in [0.15, 0.2) is 0 Å². The Kier molecular flexibility index (Phi) is 13.2. The largest absolute Gasteiger partial charge is 0.543 e. The number of hydrogen-bond acceptors (Lipinski definition) is 4. The Balaban J connectivity index is -0.000000314. The van der Waals surface area contributed by atoms with Crippen molar-refractivity contribution in [3.8, 4) is 0 Å². The second-order valence-corrected chi connectivity index (χ2v) is 4.40. The van der Waals surface area contributed by atoms with Gasteiger partial charge in [-0.05, 0) is 33.6 Å². The van der Waals surface area contributed by atoms with Gasteiger partial charge in [-0.25, -0.2) is 4.79 Å². The number of nitrogens with zero attached hydrogens (tertiary/aromatic N) is 1. The summed E-state index contributed by atoms with van der Waals surface area (Å²) in [6, 6.07) is 0. The predicted molar refractivity (Wildman–Crippen MR) is 65.6 cm³/mol.